The normalized spacial score (nSPS) is 10.2. The summed E-state index contributed by atoms with van der Waals surface area (Å²) in [6.45, 7) is 1.85. The largest absolute Gasteiger partial charge is 0.478 e. The van der Waals surface area contributed by atoms with Gasteiger partial charge in [-0.2, -0.15) is 0 Å². The van der Waals surface area contributed by atoms with Crippen LogP contribution >= 0.6 is 15.9 Å². The van der Waals surface area contributed by atoms with Gasteiger partial charge in [-0.3, -0.25) is 10.1 Å². The number of nitro groups is 1. The van der Waals surface area contributed by atoms with Crippen molar-refractivity contribution in [2.75, 3.05) is 0 Å². The van der Waals surface area contributed by atoms with Crippen molar-refractivity contribution in [2.24, 2.45) is 0 Å². The second-order valence-corrected chi connectivity index (χ2v) is 5.11. The van der Waals surface area contributed by atoms with Crippen LogP contribution in [-0.4, -0.2) is 16.0 Å². The van der Waals surface area contributed by atoms with E-state index in [1.807, 2.05) is 6.92 Å². The first-order chi connectivity index (χ1) is 9.88. The van der Waals surface area contributed by atoms with E-state index in [-0.39, 0.29) is 17.0 Å². The van der Waals surface area contributed by atoms with Gasteiger partial charge in [-0.15, -0.1) is 0 Å². The Bertz CT molecular complexity index is 729. The van der Waals surface area contributed by atoms with E-state index in [2.05, 4.69) is 15.9 Å². The van der Waals surface area contributed by atoms with Crippen LogP contribution in [0.15, 0.2) is 40.9 Å². The van der Waals surface area contributed by atoms with Gasteiger partial charge < -0.3 is 9.84 Å². The fourth-order valence-electron chi connectivity index (χ4n) is 1.69. The minimum Gasteiger partial charge on any atom is -0.478 e. The molecule has 0 unspecified atom stereocenters. The van der Waals surface area contributed by atoms with E-state index in [0.717, 1.165) is 22.2 Å². The third-order valence-corrected chi connectivity index (χ3v) is 3.65. The van der Waals surface area contributed by atoms with Crippen molar-refractivity contribution in [2.45, 2.75) is 6.92 Å². The Labute approximate surface area is 128 Å². The predicted molar refractivity (Wildman–Crippen MR) is 79.0 cm³/mol. The first-order valence-electron chi connectivity index (χ1n) is 5.84. The molecule has 0 fully saturated rings. The molecule has 6 nitrogen and oxygen atoms in total. The van der Waals surface area contributed by atoms with E-state index in [0.29, 0.717) is 5.75 Å². The van der Waals surface area contributed by atoms with Gasteiger partial charge >= 0.3 is 11.7 Å². The fourth-order valence-corrected chi connectivity index (χ4v) is 1.93. The van der Waals surface area contributed by atoms with E-state index < -0.39 is 10.9 Å². The van der Waals surface area contributed by atoms with E-state index in [1.165, 1.54) is 6.07 Å². The minimum atomic E-state index is -1.18. The van der Waals surface area contributed by atoms with Gasteiger partial charge in [0.15, 0.2) is 0 Å². The van der Waals surface area contributed by atoms with Crippen LogP contribution in [0.2, 0.25) is 0 Å². The number of ether oxygens (including phenoxy) is 1. The smallest absolute Gasteiger partial charge is 0.335 e. The SMILES string of the molecule is Cc1cc(Oc2cc(C(=O)O)ccc2[N+](=O)[O-])ccc1Br. The number of aromatic carboxylic acids is 1. The Balaban J connectivity index is 2.45. The van der Waals surface area contributed by atoms with Crippen molar-refractivity contribution in [1.82, 2.24) is 0 Å². The van der Waals surface area contributed by atoms with Crippen molar-refractivity contribution < 1.29 is 19.6 Å². The number of nitro benzene ring substituents is 1. The van der Waals surface area contributed by atoms with Crippen LogP contribution in [0.3, 0.4) is 0 Å². The molecule has 0 atom stereocenters. The maximum Gasteiger partial charge on any atom is 0.335 e. The molecule has 0 saturated carbocycles. The highest BCUT2D eigenvalue weighted by Gasteiger charge is 2.18. The number of rotatable bonds is 4. The van der Waals surface area contributed by atoms with Crippen LogP contribution in [0, 0.1) is 17.0 Å². The number of carboxylic acids is 1. The molecule has 7 heteroatoms. The number of halogens is 1. The third-order valence-electron chi connectivity index (χ3n) is 2.76. The summed E-state index contributed by atoms with van der Waals surface area (Å²) in [5, 5.41) is 19.9. The monoisotopic (exact) mass is 351 g/mol. The zero-order chi connectivity index (χ0) is 15.6. The summed E-state index contributed by atoms with van der Waals surface area (Å²) in [5.41, 5.74) is 0.523. The van der Waals surface area contributed by atoms with Crippen LogP contribution in [-0.2, 0) is 0 Å². The minimum absolute atomic E-state index is 0.0792. The van der Waals surface area contributed by atoms with Gasteiger partial charge in [-0.05, 0) is 36.8 Å². The lowest BCUT2D eigenvalue weighted by Crippen LogP contribution is -1.99. The molecule has 1 N–H and O–H groups in total. The van der Waals surface area contributed by atoms with Crippen LogP contribution < -0.4 is 4.74 Å². The standard InChI is InChI=1S/C14H10BrNO5/c1-8-6-10(3-4-11(8)15)21-13-7-9(14(17)18)2-5-12(13)16(19)20/h2-7H,1H3,(H,17,18). The highest BCUT2D eigenvalue weighted by molar-refractivity contribution is 9.10. The summed E-state index contributed by atoms with van der Waals surface area (Å²) >= 11 is 3.34. The van der Waals surface area contributed by atoms with Crippen molar-refractivity contribution in [1.29, 1.82) is 0 Å². The Morgan fingerprint density at radius 3 is 2.57 bits per heavy atom. The van der Waals surface area contributed by atoms with Crippen LogP contribution in [0.5, 0.6) is 11.5 Å². The van der Waals surface area contributed by atoms with Crippen LogP contribution in [0.4, 0.5) is 5.69 Å². The number of aryl methyl sites for hydroxylation is 1. The molecule has 0 aliphatic heterocycles. The summed E-state index contributed by atoms with van der Waals surface area (Å²) in [4.78, 5) is 21.3. The molecular formula is C14H10BrNO5. The van der Waals surface area contributed by atoms with E-state index in [9.17, 15) is 14.9 Å². The van der Waals surface area contributed by atoms with E-state index >= 15 is 0 Å². The average Bonchev–Trinajstić information content (AvgIpc) is 2.42. The predicted octanol–water partition coefficient (Wildman–Crippen LogP) is 4.16. The van der Waals surface area contributed by atoms with Gasteiger partial charge in [0.2, 0.25) is 5.75 Å². The van der Waals surface area contributed by atoms with Crippen molar-refractivity contribution in [3.05, 3.63) is 62.1 Å². The summed E-state index contributed by atoms with van der Waals surface area (Å²) in [6.07, 6.45) is 0. The number of carbonyl (C=O) groups is 1. The van der Waals surface area contributed by atoms with Gasteiger partial charge in [0, 0.05) is 16.6 Å². The molecule has 0 spiro atoms. The Kier molecular flexibility index (Phi) is 4.23. The lowest BCUT2D eigenvalue weighted by molar-refractivity contribution is -0.385. The Morgan fingerprint density at radius 1 is 1.29 bits per heavy atom. The molecule has 0 radical (unpaired) electrons. The molecule has 0 saturated heterocycles. The summed E-state index contributed by atoms with van der Waals surface area (Å²) < 4.78 is 6.35. The Hall–Kier alpha value is -2.41. The fraction of sp³-hybridized carbons (Fsp3) is 0.0714. The van der Waals surface area contributed by atoms with Gasteiger partial charge in [0.05, 0.1) is 10.5 Å². The Morgan fingerprint density at radius 2 is 2.00 bits per heavy atom. The van der Waals surface area contributed by atoms with E-state index in [1.54, 1.807) is 18.2 Å². The van der Waals surface area contributed by atoms with Gasteiger partial charge in [0.1, 0.15) is 5.75 Å². The maximum atomic E-state index is 11.0. The number of hydrogen-bond acceptors (Lipinski definition) is 4. The van der Waals surface area contributed by atoms with Crippen molar-refractivity contribution >= 4 is 27.6 Å². The molecule has 2 rings (SSSR count). The third kappa shape index (κ3) is 3.38. The summed E-state index contributed by atoms with van der Waals surface area (Å²) in [6, 6.07) is 8.50. The molecule has 108 valence electrons. The highest BCUT2D eigenvalue weighted by atomic mass is 79.9. The molecule has 21 heavy (non-hydrogen) atoms. The second kappa shape index (κ2) is 5.92. The quantitative estimate of drug-likeness (QED) is 0.659. The maximum absolute atomic E-state index is 11.0. The zero-order valence-corrected chi connectivity index (χ0v) is 12.5. The molecule has 0 bridgehead atoms. The van der Waals surface area contributed by atoms with Crippen molar-refractivity contribution in [3.63, 3.8) is 0 Å². The van der Waals surface area contributed by atoms with Gasteiger partial charge in [0.25, 0.3) is 0 Å². The average molecular weight is 352 g/mol. The molecule has 0 aliphatic rings. The van der Waals surface area contributed by atoms with Crippen molar-refractivity contribution in [3.8, 4) is 11.5 Å². The lowest BCUT2D eigenvalue weighted by Gasteiger charge is -2.08. The first-order valence-corrected chi connectivity index (χ1v) is 6.63. The molecular weight excluding hydrogens is 342 g/mol. The highest BCUT2D eigenvalue weighted by Crippen LogP contribution is 2.33. The first kappa shape index (κ1) is 15.0. The van der Waals surface area contributed by atoms with Crippen LogP contribution in [0.1, 0.15) is 15.9 Å². The molecule has 0 aromatic heterocycles. The number of nitrogens with zero attached hydrogens (tertiary/aromatic N) is 1. The second-order valence-electron chi connectivity index (χ2n) is 4.26. The van der Waals surface area contributed by atoms with Gasteiger partial charge in [-0.1, -0.05) is 15.9 Å². The molecule has 2 aromatic rings. The molecule has 2 aromatic carbocycles. The molecule has 0 amide bonds. The zero-order valence-electron chi connectivity index (χ0n) is 10.9. The van der Waals surface area contributed by atoms with Crippen LogP contribution in [0.25, 0.3) is 0 Å². The number of hydrogen-bond donors (Lipinski definition) is 1. The summed E-state index contributed by atoms with van der Waals surface area (Å²) in [5.74, 6) is -0.898. The lowest BCUT2D eigenvalue weighted by atomic mass is 10.2. The number of benzene rings is 2. The molecule has 0 heterocycles. The van der Waals surface area contributed by atoms with E-state index in [4.69, 9.17) is 9.84 Å². The number of carboxylic acid groups (broad SMARTS) is 1. The van der Waals surface area contributed by atoms with Gasteiger partial charge in [-0.25, -0.2) is 4.79 Å². The molecule has 0 aliphatic carbocycles. The summed E-state index contributed by atoms with van der Waals surface area (Å²) in [7, 11) is 0. The topological polar surface area (TPSA) is 89.7 Å².